The van der Waals surface area contributed by atoms with E-state index in [1.54, 1.807) is 11.9 Å². The topological polar surface area (TPSA) is 20.3 Å². The number of benzene rings is 1. The number of likely N-dealkylation sites (N-methyl/N-ethyl adjacent to an activating group) is 1. The van der Waals surface area contributed by atoms with Crippen LogP contribution in [0.2, 0.25) is 0 Å². The van der Waals surface area contributed by atoms with Gasteiger partial charge in [0, 0.05) is 12.9 Å². The molecule has 0 N–H and O–H groups in total. The standard InChI is InChI=1S/C14H20ClNO/c1-11-6-5-7-12(8-11)9-13(17)16(4)14(2,3)10-15/h5-8H,9-10H2,1-4H3. The van der Waals surface area contributed by atoms with Gasteiger partial charge in [-0.25, -0.2) is 0 Å². The van der Waals surface area contributed by atoms with Crippen molar-refractivity contribution < 1.29 is 4.79 Å². The minimum Gasteiger partial charge on any atom is -0.339 e. The van der Waals surface area contributed by atoms with Crippen LogP contribution in [0.1, 0.15) is 25.0 Å². The molecule has 0 aliphatic heterocycles. The fraction of sp³-hybridized carbons (Fsp3) is 0.500. The molecule has 0 atom stereocenters. The summed E-state index contributed by atoms with van der Waals surface area (Å²) in [5.74, 6) is 0.532. The summed E-state index contributed by atoms with van der Waals surface area (Å²) in [6, 6.07) is 8.02. The number of rotatable bonds is 4. The van der Waals surface area contributed by atoms with Crippen LogP contribution in [0.25, 0.3) is 0 Å². The first kappa shape index (κ1) is 14.0. The Morgan fingerprint density at radius 3 is 2.59 bits per heavy atom. The third-order valence-electron chi connectivity index (χ3n) is 3.05. The summed E-state index contributed by atoms with van der Waals surface area (Å²) in [7, 11) is 1.81. The maximum Gasteiger partial charge on any atom is 0.227 e. The van der Waals surface area contributed by atoms with Gasteiger partial charge in [0.1, 0.15) is 0 Å². The van der Waals surface area contributed by atoms with Crippen LogP contribution < -0.4 is 0 Å². The Bertz CT molecular complexity index is 401. The summed E-state index contributed by atoms with van der Waals surface area (Å²) < 4.78 is 0. The predicted molar refractivity (Wildman–Crippen MR) is 72.5 cm³/mol. The maximum absolute atomic E-state index is 12.1. The molecule has 0 heterocycles. The number of halogens is 1. The van der Waals surface area contributed by atoms with Gasteiger partial charge in [-0.1, -0.05) is 29.8 Å². The highest BCUT2D eigenvalue weighted by molar-refractivity contribution is 6.18. The smallest absolute Gasteiger partial charge is 0.227 e. The van der Waals surface area contributed by atoms with E-state index in [9.17, 15) is 4.79 Å². The highest BCUT2D eigenvalue weighted by Gasteiger charge is 2.26. The second kappa shape index (κ2) is 5.54. The Balaban J connectivity index is 2.73. The average Bonchev–Trinajstić information content (AvgIpc) is 2.28. The van der Waals surface area contributed by atoms with E-state index in [0.717, 1.165) is 5.56 Å². The van der Waals surface area contributed by atoms with Crippen LogP contribution in [0.15, 0.2) is 24.3 Å². The van der Waals surface area contributed by atoms with Gasteiger partial charge in [0.15, 0.2) is 0 Å². The van der Waals surface area contributed by atoms with Gasteiger partial charge in [-0.05, 0) is 26.3 Å². The largest absolute Gasteiger partial charge is 0.339 e. The molecule has 0 aliphatic carbocycles. The summed E-state index contributed by atoms with van der Waals surface area (Å²) in [5.41, 5.74) is 1.92. The molecule has 1 rings (SSSR count). The van der Waals surface area contributed by atoms with E-state index in [-0.39, 0.29) is 11.4 Å². The number of carbonyl (C=O) groups excluding carboxylic acids is 1. The third kappa shape index (κ3) is 3.74. The van der Waals surface area contributed by atoms with Gasteiger partial charge in [-0.15, -0.1) is 11.6 Å². The van der Waals surface area contributed by atoms with Crippen molar-refractivity contribution in [2.24, 2.45) is 0 Å². The second-order valence-corrected chi connectivity index (χ2v) is 5.33. The van der Waals surface area contributed by atoms with Crippen LogP contribution in [-0.4, -0.2) is 29.3 Å². The van der Waals surface area contributed by atoms with E-state index in [1.165, 1.54) is 5.56 Å². The Labute approximate surface area is 109 Å². The summed E-state index contributed by atoms with van der Waals surface area (Å²) in [6.45, 7) is 5.96. The highest BCUT2D eigenvalue weighted by Crippen LogP contribution is 2.16. The molecule has 17 heavy (non-hydrogen) atoms. The lowest BCUT2D eigenvalue weighted by atomic mass is 10.0. The molecular formula is C14H20ClNO. The molecule has 0 saturated carbocycles. The predicted octanol–water partition coefficient (Wildman–Crippen LogP) is 3.01. The number of amides is 1. The number of aryl methyl sites for hydroxylation is 1. The van der Waals surface area contributed by atoms with Gasteiger partial charge in [0.2, 0.25) is 5.91 Å². The molecule has 0 bridgehead atoms. The van der Waals surface area contributed by atoms with E-state index >= 15 is 0 Å². The molecule has 0 radical (unpaired) electrons. The zero-order valence-corrected chi connectivity index (χ0v) is 11.7. The SMILES string of the molecule is Cc1cccc(CC(=O)N(C)C(C)(C)CCl)c1. The van der Waals surface area contributed by atoms with Crippen molar-refractivity contribution in [3.05, 3.63) is 35.4 Å². The minimum atomic E-state index is -0.303. The van der Waals surface area contributed by atoms with Crippen molar-refractivity contribution in [3.8, 4) is 0 Å². The monoisotopic (exact) mass is 253 g/mol. The van der Waals surface area contributed by atoms with Gasteiger partial charge in [-0.2, -0.15) is 0 Å². The van der Waals surface area contributed by atoms with Crippen molar-refractivity contribution in [1.82, 2.24) is 4.90 Å². The molecule has 1 amide bonds. The van der Waals surface area contributed by atoms with E-state index in [1.807, 2.05) is 45.0 Å². The van der Waals surface area contributed by atoms with Crippen LogP contribution in [0.4, 0.5) is 0 Å². The first-order valence-electron chi connectivity index (χ1n) is 5.75. The Morgan fingerprint density at radius 2 is 2.06 bits per heavy atom. The summed E-state index contributed by atoms with van der Waals surface area (Å²) in [4.78, 5) is 13.8. The Kier molecular flexibility index (Phi) is 4.58. The first-order valence-corrected chi connectivity index (χ1v) is 6.28. The molecule has 1 aromatic carbocycles. The molecule has 0 unspecified atom stereocenters. The minimum absolute atomic E-state index is 0.0984. The number of nitrogens with zero attached hydrogens (tertiary/aromatic N) is 1. The van der Waals surface area contributed by atoms with Crippen LogP contribution in [0, 0.1) is 6.92 Å². The molecule has 0 saturated heterocycles. The van der Waals surface area contributed by atoms with E-state index in [0.29, 0.717) is 12.3 Å². The van der Waals surface area contributed by atoms with Gasteiger partial charge < -0.3 is 4.90 Å². The van der Waals surface area contributed by atoms with Gasteiger partial charge in [0.05, 0.1) is 12.0 Å². The number of alkyl halides is 1. The molecule has 0 aliphatic rings. The molecule has 0 spiro atoms. The van der Waals surface area contributed by atoms with Crippen molar-refractivity contribution in [3.63, 3.8) is 0 Å². The molecule has 0 aromatic heterocycles. The van der Waals surface area contributed by atoms with E-state index in [4.69, 9.17) is 11.6 Å². The van der Waals surface area contributed by atoms with Crippen molar-refractivity contribution >= 4 is 17.5 Å². The highest BCUT2D eigenvalue weighted by atomic mass is 35.5. The number of hydrogen-bond acceptors (Lipinski definition) is 1. The quantitative estimate of drug-likeness (QED) is 0.756. The summed E-state index contributed by atoms with van der Waals surface area (Å²) in [6.07, 6.45) is 0.429. The van der Waals surface area contributed by atoms with E-state index < -0.39 is 0 Å². The summed E-state index contributed by atoms with van der Waals surface area (Å²) in [5, 5.41) is 0. The molecule has 2 nitrogen and oxygen atoms in total. The fourth-order valence-corrected chi connectivity index (χ4v) is 1.72. The molecular weight excluding hydrogens is 234 g/mol. The van der Waals surface area contributed by atoms with Crippen LogP contribution >= 0.6 is 11.6 Å². The van der Waals surface area contributed by atoms with Crippen LogP contribution in [0.5, 0.6) is 0 Å². The van der Waals surface area contributed by atoms with E-state index in [2.05, 4.69) is 0 Å². The lowest BCUT2D eigenvalue weighted by Gasteiger charge is -2.34. The zero-order chi connectivity index (χ0) is 13.1. The van der Waals surface area contributed by atoms with Gasteiger partial charge in [-0.3, -0.25) is 4.79 Å². The van der Waals surface area contributed by atoms with Crippen LogP contribution in [-0.2, 0) is 11.2 Å². The lowest BCUT2D eigenvalue weighted by molar-refractivity contribution is -0.133. The molecule has 3 heteroatoms. The first-order chi connectivity index (χ1) is 7.86. The van der Waals surface area contributed by atoms with Gasteiger partial charge >= 0.3 is 0 Å². The van der Waals surface area contributed by atoms with Gasteiger partial charge in [0.25, 0.3) is 0 Å². The second-order valence-electron chi connectivity index (χ2n) is 5.06. The van der Waals surface area contributed by atoms with Crippen molar-refractivity contribution in [2.45, 2.75) is 32.7 Å². The zero-order valence-electron chi connectivity index (χ0n) is 11.0. The lowest BCUT2D eigenvalue weighted by Crippen LogP contribution is -2.47. The van der Waals surface area contributed by atoms with Crippen LogP contribution in [0.3, 0.4) is 0 Å². The number of hydrogen-bond donors (Lipinski definition) is 0. The van der Waals surface area contributed by atoms with Crippen molar-refractivity contribution in [1.29, 1.82) is 0 Å². The normalized spacial score (nSPS) is 11.4. The number of carbonyl (C=O) groups is 1. The summed E-state index contributed by atoms with van der Waals surface area (Å²) >= 11 is 5.87. The third-order valence-corrected chi connectivity index (χ3v) is 3.70. The molecule has 1 aromatic rings. The molecule has 0 fully saturated rings. The Morgan fingerprint density at radius 1 is 1.41 bits per heavy atom. The fourth-order valence-electron chi connectivity index (χ4n) is 1.54. The Hall–Kier alpha value is -1.02. The average molecular weight is 254 g/mol. The maximum atomic E-state index is 12.1. The molecule has 94 valence electrons. The van der Waals surface area contributed by atoms with Crippen molar-refractivity contribution in [2.75, 3.05) is 12.9 Å².